The third-order valence-corrected chi connectivity index (χ3v) is 3.58. The fourth-order valence-corrected chi connectivity index (χ4v) is 2.48. The van der Waals surface area contributed by atoms with Crippen LogP contribution in [0, 0.1) is 13.8 Å². The first kappa shape index (κ1) is 10.9. The normalized spacial score (nSPS) is 10.9. The second-order valence-corrected chi connectivity index (χ2v) is 4.68. The standard InChI is InChI=1S/C10H12N2O3S/c1-5-6(2)16-10-11-7(4-8(13)15-3)9(14)12(5)10/h14H,4H2,1-3H3. The van der Waals surface area contributed by atoms with Crippen LogP contribution in [0.2, 0.25) is 0 Å². The lowest BCUT2D eigenvalue weighted by Crippen LogP contribution is -2.04. The number of hydrogen-bond acceptors (Lipinski definition) is 5. The summed E-state index contributed by atoms with van der Waals surface area (Å²) < 4.78 is 6.19. The molecule has 2 aromatic heterocycles. The molecule has 2 rings (SSSR count). The highest BCUT2D eigenvalue weighted by Gasteiger charge is 2.18. The monoisotopic (exact) mass is 240 g/mol. The predicted octanol–water partition coefficient (Wildman–Crippen LogP) is 1.43. The van der Waals surface area contributed by atoms with Gasteiger partial charge >= 0.3 is 5.97 Å². The summed E-state index contributed by atoms with van der Waals surface area (Å²) in [5.74, 6) is -0.377. The zero-order chi connectivity index (χ0) is 11.9. The smallest absolute Gasteiger partial charge is 0.311 e. The molecule has 1 N–H and O–H groups in total. The van der Waals surface area contributed by atoms with Crippen molar-refractivity contribution >= 4 is 22.3 Å². The molecule has 2 aromatic rings. The average Bonchev–Trinajstić information content (AvgIpc) is 2.68. The third-order valence-electron chi connectivity index (χ3n) is 2.52. The Hall–Kier alpha value is -1.56. The summed E-state index contributed by atoms with van der Waals surface area (Å²) >= 11 is 1.49. The third kappa shape index (κ3) is 1.55. The summed E-state index contributed by atoms with van der Waals surface area (Å²) in [5, 5.41) is 9.93. The van der Waals surface area contributed by atoms with E-state index in [1.54, 1.807) is 4.40 Å². The van der Waals surface area contributed by atoms with Crippen LogP contribution in [-0.4, -0.2) is 27.6 Å². The number of esters is 1. The van der Waals surface area contributed by atoms with Crippen LogP contribution < -0.4 is 0 Å². The summed E-state index contributed by atoms with van der Waals surface area (Å²) in [6.07, 6.45) is -0.00474. The number of carbonyl (C=O) groups is 1. The largest absolute Gasteiger partial charge is 0.493 e. The molecule has 0 fully saturated rings. The van der Waals surface area contributed by atoms with Crippen molar-refractivity contribution in [3.05, 3.63) is 16.3 Å². The van der Waals surface area contributed by atoms with Gasteiger partial charge in [-0.1, -0.05) is 0 Å². The lowest BCUT2D eigenvalue weighted by molar-refractivity contribution is -0.139. The number of imidazole rings is 1. The van der Waals surface area contributed by atoms with Gasteiger partial charge in [-0.25, -0.2) is 4.98 Å². The molecule has 0 aliphatic rings. The van der Waals surface area contributed by atoms with Crippen LogP contribution in [0.3, 0.4) is 0 Å². The Labute approximate surface area is 96.3 Å². The number of fused-ring (bicyclic) bond motifs is 1. The molecule has 0 amide bonds. The van der Waals surface area contributed by atoms with Crippen LogP contribution >= 0.6 is 11.3 Å². The van der Waals surface area contributed by atoms with Gasteiger partial charge in [0.25, 0.3) is 0 Å². The number of aromatic hydroxyl groups is 1. The van der Waals surface area contributed by atoms with Crippen LogP contribution in [0.1, 0.15) is 16.3 Å². The van der Waals surface area contributed by atoms with Crippen molar-refractivity contribution < 1.29 is 14.6 Å². The van der Waals surface area contributed by atoms with Gasteiger partial charge in [-0.3, -0.25) is 9.20 Å². The van der Waals surface area contributed by atoms with E-state index in [1.165, 1.54) is 18.4 Å². The van der Waals surface area contributed by atoms with Crippen molar-refractivity contribution in [3.63, 3.8) is 0 Å². The van der Waals surface area contributed by atoms with Gasteiger partial charge in [0.1, 0.15) is 5.69 Å². The maximum atomic E-state index is 11.1. The molecule has 6 heteroatoms. The minimum absolute atomic E-state index is 0.00474. The fraction of sp³-hybridized carbons (Fsp3) is 0.400. The molecular formula is C10H12N2O3S. The summed E-state index contributed by atoms with van der Waals surface area (Å²) in [5.41, 5.74) is 1.31. The van der Waals surface area contributed by atoms with Gasteiger partial charge in [0.05, 0.1) is 13.5 Å². The van der Waals surface area contributed by atoms with Crippen LogP contribution in [0.4, 0.5) is 0 Å². The van der Waals surface area contributed by atoms with Gasteiger partial charge in [0, 0.05) is 10.6 Å². The first-order chi connectivity index (χ1) is 7.54. The van der Waals surface area contributed by atoms with E-state index in [0.29, 0.717) is 10.7 Å². The van der Waals surface area contributed by atoms with E-state index in [4.69, 9.17) is 0 Å². The number of rotatable bonds is 2. The Balaban J connectivity index is 2.49. The molecule has 2 heterocycles. The molecule has 0 aliphatic carbocycles. The van der Waals surface area contributed by atoms with Crippen molar-refractivity contribution in [2.24, 2.45) is 0 Å². The van der Waals surface area contributed by atoms with Crippen molar-refractivity contribution in [1.29, 1.82) is 0 Å². The van der Waals surface area contributed by atoms with Crippen molar-refractivity contribution in [3.8, 4) is 5.88 Å². The lowest BCUT2D eigenvalue weighted by atomic mass is 10.3. The number of nitrogens with zero attached hydrogens (tertiary/aromatic N) is 2. The van der Waals surface area contributed by atoms with E-state index >= 15 is 0 Å². The highest BCUT2D eigenvalue weighted by Crippen LogP contribution is 2.29. The topological polar surface area (TPSA) is 63.8 Å². The number of hydrogen-bond donors (Lipinski definition) is 1. The Morgan fingerprint density at radius 2 is 2.25 bits per heavy atom. The number of carbonyl (C=O) groups excluding carboxylic acids is 1. The zero-order valence-corrected chi connectivity index (χ0v) is 10.1. The van der Waals surface area contributed by atoms with Crippen LogP contribution in [0.15, 0.2) is 0 Å². The SMILES string of the molecule is COC(=O)Cc1nc2sc(C)c(C)n2c1O. The summed E-state index contributed by atoms with van der Waals surface area (Å²) in [6, 6.07) is 0. The van der Waals surface area contributed by atoms with Gasteiger partial charge < -0.3 is 9.84 Å². The molecule has 5 nitrogen and oxygen atoms in total. The molecule has 0 aromatic carbocycles. The van der Waals surface area contributed by atoms with Crippen LogP contribution in [0.5, 0.6) is 5.88 Å². The number of aryl methyl sites for hydroxylation is 2. The van der Waals surface area contributed by atoms with Crippen LogP contribution in [0.25, 0.3) is 4.96 Å². The van der Waals surface area contributed by atoms with E-state index in [-0.39, 0.29) is 12.3 Å². The zero-order valence-electron chi connectivity index (χ0n) is 9.27. The Morgan fingerprint density at radius 1 is 1.56 bits per heavy atom. The molecule has 0 aliphatic heterocycles. The Morgan fingerprint density at radius 3 is 2.81 bits per heavy atom. The molecule has 0 unspecified atom stereocenters. The van der Waals surface area contributed by atoms with Gasteiger partial charge in [0.2, 0.25) is 5.88 Å². The molecule has 0 atom stereocenters. The molecule has 0 spiro atoms. The average molecular weight is 240 g/mol. The Bertz CT molecular complexity index is 556. The first-order valence-electron chi connectivity index (χ1n) is 4.77. The van der Waals surface area contributed by atoms with Crippen molar-refractivity contribution in [1.82, 2.24) is 9.38 Å². The van der Waals surface area contributed by atoms with Gasteiger partial charge in [-0.15, -0.1) is 11.3 Å². The van der Waals surface area contributed by atoms with Gasteiger partial charge in [-0.2, -0.15) is 0 Å². The van der Waals surface area contributed by atoms with Gasteiger partial charge in [-0.05, 0) is 13.8 Å². The maximum absolute atomic E-state index is 11.1. The van der Waals surface area contributed by atoms with Crippen molar-refractivity contribution in [2.45, 2.75) is 20.3 Å². The molecule has 0 radical (unpaired) electrons. The minimum Gasteiger partial charge on any atom is -0.493 e. The van der Waals surface area contributed by atoms with E-state index in [2.05, 4.69) is 9.72 Å². The Kier molecular flexibility index (Phi) is 2.59. The number of methoxy groups -OCH3 is 1. The summed E-state index contributed by atoms with van der Waals surface area (Å²) in [6.45, 7) is 3.87. The molecule has 86 valence electrons. The van der Waals surface area contributed by atoms with E-state index in [9.17, 15) is 9.90 Å². The molecule has 16 heavy (non-hydrogen) atoms. The van der Waals surface area contributed by atoms with E-state index in [0.717, 1.165) is 10.6 Å². The quantitative estimate of drug-likeness (QED) is 0.807. The van der Waals surface area contributed by atoms with E-state index < -0.39 is 5.97 Å². The maximum Gasteiger partial charge on any atom is 0.311 e. The lowest BCUT2D eigenvalue weighted by Gasteiger charge is -1.98. The highest BCUT2D eigenvalue weighted by molar-refractivity contribution is 7.17. The van der Waals surface area contributed by atoms with Crippen LogP contribution in [-0.2, 0) is 16.0 Å². The first-order valence-corrected chi connectivity index (χ1v) is 5.59. The molecule has 0 bridgehead atoms. The summed E-state index contributed by atoms with van der Waals surface area (Å²) in [4.78, 5) is 17.1. The van der Waals surface area contributed by atoms with Crippen molar-refractivity contribution in [2.75, 3.05) is 7.11 Å². The number of aromatic nitrogens is 2. The highest BCUT2D eigenvalue weighted by atomic mass is 32.1. The predicted molar refractivity (Wildman–Crippen MR) is 59.9 cm³/mol. The van der Waals surface area contributed by atoms with Gasteiger partial charge in [0.15, 0.2) is 4.96 Å². The molecule has 0 saturated carbocycles. The van der Waals surface area contributed by atoms with E-state index in [1.807, 2.05) is 13.8 Å². The number of ether oxygens (including phenoxy) is 1. The second-order valence-electron chi connectivity index (χ2n) is 3.50. The minimum atomic E-state index is -0.407. The molecular weight excluding hydrogens is 228 g/mol. The fourth-order valence-electron chi connectivity index (χ4n) is 1.50. The number of thiazole rings is 1. The molecule has 0 saturated heterocycles. The second kappa shape index (κ2) is 3.79. The summed E-state index contributed by atoms with van der Waals surface area (Å²) in [7, 11) is 1.31.